The highest BCUT2D eigenvalue weighted by molar-refractivity contribution is 5.48. The molecule has 0 heterocycles. The van der Waals surface area contributed by atoms with Crippen LogP contribution in [-0.2, 0) is 0 Å². The van der Waals surface area contributed by atoms with Crippen LogP contribution in [0.3, 0.4) is 0 Å². The first-order valence-corrected chi connectivity index (χ1v) is 7.14. The molecule has 3 nitrogen and oxygen atoms in total. The Morgan fingerprint density at radius 3 is 2.45 bits per heavy atom. The third-order valence-corrected chi connectivity index (χ3v) is 3.28. The molecule has 0 aliphatic heterocycles. The summed E-state index contributed by atoms with van der Waals surface area (Å²) in [5.74, 6) is 0.532. The van der Waals surface area contributed by atoms with Gasteiger partial charge in [0.15, 0.2) is 0 Å². The molecule has 0 aliphatic rings. The van der Waals surface area contributed by atoms with Crippen LogP contribution in [0.5, 0.6) is 5.75 Å². The number of aliphatic hydroxyl groups excluding tert-OH is 1. The molecule has 0 aromatic heterocycles. The van der Waals surface area contributed by atoms with Crippen LogP contribution in [0.25, 0.3) is 6.08 Å². The van der Waals surface area contributed by atoms with E-state index in [4.69, 9.17) is 4.74 Å². The molecule has 22 heavy (non-hydrogen) atoms. The van der Waals surface area contributed by atoms with Crippen LogP contribution in [0, 0.1) is 5.82 Å². The average Bonchev–Trinajstić information content (AvgIpc) is 2.56. The van der Waals surface area contributed by atoms with Crippen LogP contribution >= 0.6 is 0 Å². The zero-order valence-corrected chi connectivity index (χ0v) is 12.5. The molecule has 4 heteroatoms. The topological polar surface area (TPSA) is 41.5 Å². The molecule has 0 radical (unpaired) electrons. The number of rotatable bonds is 7. The second-order valence-electron chi connectivity index (χ2n) is 4.90. The maximum atomic E-state index is 12.8. The van der Waals surface area contributed by atoms with Crippen molar-refractivity contribution in [1.29, 1.82) is 0 Å². The molecule has 0 bridgehead atoms. The highest BCUT2D eigenvalue weighted by Crippen LogP contribution is 2.16. The van der Waals surface area contributed by atoms with Gasteiger partial charge < -0.3 is 15.2 Å². The van der Waals surface area contributed by atoms with Gasteiger partial charge in [-0.1, -0.05) is 36.4 Å². The van der Waals surface area contributed by atoms with E-state index in [2.05, 4.69) is 5.32 Å². The van der Waals surface area contributed by atoms with E-state index < -0.39 is 6.10 Å². The van der Waals surface area contributed by atoms with Crippen molar-refractivity contribution in [3.05, 3.63) is 71.6 Å². The maximum Gasteiger partial charge on any atom is 0.123 e. The SMILES string of the molecule is COc1ccc(C(O)CNC/C=C/c2ccc(F)cc2)cc1. The van der Waals surface area contributed by atoms with E-state index in [-0.39, 0.29) is 5.82 Å². The van der Waals surface area contributed by atoms with E-state index in [0.717, 1.165) is 16.9 Å². The molecule has 2 aromatic rings. The van der Waals surface area contributed by atoms with Gasteiger partial charge in [0, 0.05) is 13.1 Å². The van der Waals surface area contributed by atoms with Crippen LogP contribution in [0.15, 0.2) is 54.6 Å². The van der Waals surface area contributed by atoms with E-state index in [1.165, 1.54) is 12.1 Å². The van der Waals surface area contributed by atoms with Crippen molar-refractivity contribution in [1.82, 2.24) is 5.32 Å². The number of ether oxygens (including phenoxy) is 1. The second-order valence-corrected chi connectivity index (χ2v) is 4.90. The van der Waals surface area contributed by atoms with Crippen molar-refractivity contribution in [2.75, 3.05) is 20.2 Å². The van der Waals surface area contributed by atoms with Gasteiger partial charge in [-0.2, -0.15) is 0 Å². The first-order valence-electron chi connectivity index (χ1n) is 7.14. The van der Waals surface area contributed by atoms with Gasteiger partial charge in [-0.3, -0.25) is 0 Å². The average molecular weight is 301 g/mol. The minimum Gasteiger partial charge on any atom is -0.497 e. The van der Waals surface area contributed by atoms with Crippen LogP contribution in [0.2, 0.25) is 0 Å². The zero-order valence-electron chi connectivity index (χ0n) is 12.5. The molecule has 2 aromatic carbocycles. The summed E-state index contributed by atoms with van der Waals surface area (Å²) in [7, 11) is 1.61. The summed E-state index contributed by atoms with van der Waals surface area (Å²) in [6.45, 7) is 1.09. The van der Waals surface area contributed by atoms with Crippen LogP contribution in [-0.4, -0.2) is 25.3 Å². The number of aliphatic hydroxyl groups is 1. The summed E-state index contributed by atoms with van der Waals surface area (Å²) in [6, 6.07) is 13.6. The monoisotopic (exact) mass is 301 g/mol. The number of nitrogens with one attached hydrogen (secondary N) is 1. The molecule has 0 spiro atoms. The lowest BCUT2D eigenvalue weighted by molar-refractivity contribution is 0.176. The molecular formula is C18H20FNO2. The lowest BCUT2D eigenvalue weighted by Gasteiger charge is -2.11. The van der Waals surface area contributed by atoms with Crippen molar-refractivity contribution in [3.8, 4) is 5.75 Å². The Hall–Kier alpha value is -2.17. The van der Waals surface area contributed by atoms with Gasteiger partial charge in [-0.25, -0.2) is 4.39 Å². The van der Waals surface area contributed by atoms with Crippen LogP contribution in [0.1, 0.15) is 17.2 Å². The van der Waals surface area contributed by atoms with Crippen molar-refractivity contribution in [2.45, 2.75) is 6.10 Å². The Bertz CT molecular complexity index is 593. The first kappa shape index (κ1) is 16.2. The van der Waals surface area contributed by atoms with Gasteiger partial charge in [0.1, 0.15) is 11.6 Å². The largest absolute Gasteiger partial charge is 0.497 e. The molecule has 1 unspecified atom stereocenters. The predicted molar refractivity (Wildman–Crippen MR) is 86.3 cm³/mol. The molecule has 2 N–H and O–H groups in total. The van der Waals surface area contributed by atoms with E-state index in [1.54, 1.807) is 19.2 Å². The second kappa shape index (κ2) is 8.32. The van der Waals surface area contributed by atoms with Crippen molar-refractivity contribution >= 4 is 6.08 Å². The predicted octanol–water partition coefficient (Wildman–Crippen LogP) is 3.17. The molecule has 0 amide bonds. The molecule has 0 saturated carbocycles. The summed E-state index contributed by atoms with van der Waals surface area (Å²) in [5.41, 5.74) is 1.79. The number of benzene rings is 2. The fourth-order valence-corrected chi connectivity index (χ4v) is 2.02. The maximum absolute atomic E-state index is 12.8. The lowest BCUT2D eigenvalue weighted by Crippen LogP contribution is -2.21. The normalized spacial score (nSPS) is 12.5. The van der Waals surface area contributed by atoms with Crippen molar-refractivity contribution < 1.29 is 14.2 Å². The number of hydrogen-bond donors (Lipinski definition) is 2. The van der Waals surface area contributed by atoms with Gasteiger partial charge in [0.2, 0.25) is 0 Å². The smallest absolute Gasteiger partial charge is 0.123 e. The minimum atomic E-state index is -0.565. The number of halogens is 1. The Balaban J connectivity index is 1.74. The molecule has 0 aliphatic carbocycles. The summed E-state index contributed by atoms with van der Waals surface area (Å²) in [6.07, 6.45) is 3.28. The Morgan fingerprint density at radius 1 is 1.14 bits per heavy atom. The van der Waals surface area contributed by atoms with Crippen molar-refractivity contribution in [2.24, 2.45) is 0 Å². The molecule has 0 saturated heterocycles. The van der Waals surface area contributed by atoms with E-state index >= 15 is 0 Å². The van der Waals surface area contributed by atoms with E-state index in [1.807, 2.05) is 36.4 Å². The van der Waals surface area contributed by atoms with Gasteiger partial charge in [0.25, 0.3) is 0 Å². The van der Waals surface area contributed by atoms with E-state index in [9.17, 15) is 9.50 Å². The summed E-state index contributed by atoms with van der Waals surface area (Å²) >= 11 is 0. The zero-order chi connectivity index (χ0) is 15.8. The standard InChI is InChI=1S/C18H20FNO2/c1-22-17-10-6-15(7-11-17)18(21)13-20-12-2-3-14-4-8-16(19)9-5-14/h2-11,18,20-21H,12-13H2,1H3/b3-2+. The summed E-state index contributed by atoms with van der Waals surface area (Å²) in [5, 5.41) is 13.2. The van der Waals surface area contributed by atoms with E-state index in [0.29, 0.717) is 13.1 Å². The van der Waals surface area contributed by atoms with Crippen LogP contribution in [0.4, 0.5) is 4.39 Å². The highest BCUT2D eigenvalue weighted by atomic mass is 19.1. The lowest BCUT2D eigenvalue weighted by atomic mass is 10.1. The Kier molecular flexibility index (Phi) is 6.13. The van der Waals surface area contributed by atoms with Gasteiger partial charge in [-0.15, -0.1) is 0 Å². The molecule has 1 atom stereocenters. The Morgan fingerprint density at radius 2 is 1.82 bits per heavy atom. The van der Waals surface area contributed by atoms with Gasteiger partial charge in [-0.05, 0) is 35.4 Å². The quantitative estimate of drug-likeness (QED) is 0.772. The van der Waals surface area contributed by atoms with Crippen LogP contribution < -0.4 is 10.1 Å². The third kappa shape index (κ3) is 4.98. The summed E-state index contributed by atoms with van der Waals surface area (Å²) in [4.78, 5) is 0. The summed E-state index contributed by atoms with van der Waals surface area (Å²) < 4.78 is 17.8. The highest BCUT2D eigenvalue weighted by Gasteiger charge is 2.06. The molecular weight excluding hydrogens is 281 g/mol. The third-order valence-electron chi connectivity index (χ3n) is 3.28. The molecule has 0 fully saturated rings. The minimum absolute atomic E-state index is 0.238. The molecule has 2 rings (SSSR count). The fourth-order valence-electron chi connectivity index (χ4n) is 2.02. The first-order chi connectivity index (χ1) is 10.7. The van der Waals surface area contributed by atoms with Gasteiger partial charge in [0.05, 0.1) is 13.2 Å². The fraction of sp³-hybridized carbons (Fsp3) is 0.222. The van der Waals surface area contributed by atoms with Gasteiger partial charge >= 0.3 is 0 Å². The number of hydrogen-bond acceptors (Lipinski definition) is 3. The Labute approximate surface area is 130 Å². The molecule has 116 valence electrons. The number of methoxy groups -OCH3 is 1. The van der Waals surface area contributed by atoms with Crippen molar-refractivity contribution in [3.63, 3.8) is 0 Å².